The first-order chi connectivity index (χ1) is 13.8. The van der Waals surface area contributed by atoms with Gasteiger partial charge in [-0.25, -0.2) is 4.98 Å². The molecule has 2 N–H and O–H groups in total. The summed E-state index contributed by atoms with van der Waals surface area (Å²) in [4.78, 5) is 13.5. The van der Waals surface area contributed by atoms with Crippen LogP contribution in [0.3, 0.4) is 0 Å². The zero-order valence-electron chi connectivity index (χ0n) is 15.6. The van der Waals surface area contributed by atoms with Crippen LogP contribution in [-0.2, 0) is 6.54 Å². The highest BCUT2D eigenvalue weighted by molar-refractivity contribution is 5.68. The summed E-state index contributed by atoms with van der Waals surface area (Å²) in [6, 6.07) is 24.2. The zero-order valence-corrected chi connectivity index (χ0v) is 15.6. The lowest BCUT2D eigenvalue weighted by molar-refractivity contribution is 1.04. The molecule has 2 heterocycles. The molecule has 0 aliphatic heterocycles. The van der Waals surface area contributed by atoms with Crippen molar-refractivity contribution in [2.75, 3.05) is 10.6 Å². The molecule has 4 rings (SSSR count). The summed E-state index contributed by atoms with van der Waals surface area (Å²) in [7, 11) is 0. The Labute approximate surface area is 164 Å². The number of aromatic nitrogens is 3. The number of para-hydroxylation sites is 1. The Bertz CT molecular complexity index is 1050. The smallest absolute Gasteiger partial charge is 0.225 e. The minimum absolute atomic E-state index is 0.571. The van der Waals surface area contributed by atoms with Crippen LogP contribution in [0, 0.1) is 6.92 Å². The van der Waals surface area contributed by atoms with Crippen LogP contribution in [0.2, 0.25) is 0 Å². The van der Waals surface area contributed by atoms with Gasteiger partial charge in [-0.1, -0.05) is 54.6 Å². The molecule has 138 valence electrons. The number of benzene rings is 2. The van der Waals surface area contributed by atoms with Gasteiger partial charge in [0.1, 0.15) is 5.82 Å². The van der Waals surface area contributed by atoms with Crippen LogP contribution in [0.15, 0.2) is 85.2 Å². The number of rotatable bonds is 6. The number of nitrogens with one attached hydrogen (secondary N) is 2. The zero-order chi connectivity index (χ0) is 19.2. The van der Waals surface area contributed by atoms with Gasteiger partial charge >= 0.3 is 0 Å². The van der Waals surface area contributed by atoms with Crippen molar-refractivity contribution in [3.63, 3.8) is 0 Å². The van der Waals surface area contributed by atoms with E-state index in [2.05, 4.69) is 33.6 Å². The van der Waals surface area contributed by atoms with Crippen molar-refractivity contribution in [3.8, 4) is 11.3 Å². The predicted octanol–water partition coefficient (Wildman–Crippen LogP) is 5.20. The van der Waals surface area contributed by atoms with Gasteiger partial charge in [-0.2, -0.15) is 4.98 Å². The second-order valence-corrected chi connectivity index (χ2v) is 6.48. The quantitative estimate of drug-likeness (QED) is 0.490. The van der Waals surface area contributed by atoms with E-state index in [4.69, 9.17) is 4.98 Å². The Hall–Kier alpha value is -3.73. The van der Waals surface area contributed by atoms with Crippen LogP contribution in [0.5, 0.6) is 0 Å². The average Bonchev–Trinajstić information content (AvgIpc) is 2.75. The maximum Gasteiger partial charge on any atom is 0.225 e. The fourth-order valence-electron chi connectivity index (χ4n) is 2.88. The topological polar surface area (TPSA) is 62.7 Å². The largest absolute Gasteiger partial charge is 0.350 e. The Balaban J connectivity index is 1.65. The van der Waals surface area contributed by atoms with Gasteiger partial charge in [-0.05, 0) is 30.2 Å². The van der Waals surface area contributed by atoms with Crippen LogP contribution in [0.25, 0.3) is 11.3 Å². The number of anilines is 3. The Morgan fingerprint density at radius 2 is 1.68 bits per heavy atom. The van der Waals surface area contributed by atoms with Gasteiger partial charge < -0.3 is 10.6 Å². The molecule has 4 aromatic rings. The van der Waals surface area contributed by atoms with E-state index in [-0.39, 0.29) is 0 Å². The minimum Gasteiger partial charge on any atom is -0.350 e. The number of hydrogen-bond acceptors (Lipinski definition) is 5. The molecule has 0 saturated carbocycles. The normalized spacial score (nSPS) is 10.5. The van der Waals surface area contributed by atoms with Crippen LogP contribution < -0.4 is 10.6 Å². The molecule has 0 aliphatic carbocycles. The van der Waals surface area contributed by atoms with Gasteiger partial charge in [-0.3, -0.25) is 4.98 Å². The molecule has 5 nitrogen and oxygen atoms in total. The lowest BCUT2D eigenvalue weighted by atomic mass is 10.1. The van der Waals surface area contributed by atoms with E-state index in [0.717, 1.165) is 33.9 Å². The predicted molar refractivity (Wildman–Crippen MR) is 113 cm³/mol. The molecule has 0 radical (unpaired) electrons. The molecule has 0 aliphatic rings. The van der Waals surface area contributed by atoms with Crippen molar-refractivity contribution in [2.24, 2.45) is 0 Å². The van der Waals surface area contributed by atoms with Crippen molar-refractivity contribution >= 4 is 17.5 Å². The first-order valence-corrected chi connectivity index (χ1v) is 9.18. The molecular weight excluding hydrogens is 346 g/mol. The van der Waals surface area contributed by atoms with Crippen molar-refractivity contribution in [3.05, 3.63) is 96.3 Å². The van der Waals surface area contributed by atoms with Gasteiger partial charge in [0.05, 0.1) is 5.69 Å². The summed E-state index contributed by atoms with van der Waals surface area (Å²) in [5, 5.41) is 6.73. The summed E-state index contributed by atoms with van der Waals surface area (Å²) >= 11 is 0. The molecule has 0 amide bonds. The van der Waals surface area contributed by atoms with E-state index in [1.54, 1.807) is 6.20 Å². The standard InChI is InChI=1S/C23H21N5/c1-17-8-5-6-12-20(17)26-22-14-21(19-10-3-2-4-11-19)27-23(28-22)25-16-18-9-7-13-24-15-18/h2-15H,16H2,1H3,(H2,25,26,27,28). The van der Waals surface area contributed by atoms with Crippen molar-refractivity contribution in [2.45, 2.75) is 13.5 Å². The molecule has 28 heavy (non-hydrogen) atoms. The second-order valence-electron chi connectivity index (χ2n) is 6.48. The minimum atomic E-state index is 0.571. The SMILES string of the molecule is Cc1ccccc1Nc1cc(-c2ccccc2)nc(NCc2cccnc2)n1. The molecule has 0 fully saturated rings. The monoisotopic (exact) mass is 367 g/mol. The van der Waals surface area contributed by atoms with Gasteiger partial charge in [0.25, 0.3) is 0 Å². The van der Waals surface area contributed by atoms with E-state index >= 15 is 0 Å². The van der Waals surface area contributed by atoms with Gasteiger partial charge in [-0.15, -0.1) is 0 Å². The summed E-state index contributed by atoms with van der Waals surface area (Å²) in [6.45, 7) is 2.68. The van der Waals surface area contributed by atoms with Crippen LogP contribution in [0.4, 0.5) is 17.5 Å². The maximum absolute atomic E-state index is 4.70. The second kappa shape index (κ2) is 8.31. The fourth-order valence-corrected chi connectivity index (χ4v) is 2.88. The number of nitrogens with zero attached hydrogens (tertiary/aromatic N) is 3. The highest BCUT2D eigenvalue weighted by Crippen LogP contribution is 2.25. The van der Waals surface area contributed by atoms with E-state index in [0.29, 0.717) is 12.5 Å². The summed E-state index contributed by atoms with van der Waals surface area (Å²) in [5.74, 6) is 1.32. The maximum atomic E-state index is 4.70. The van der Waals surface area contributed by atoms with E-state index in [1.165, 1.54) is 0 Å². The summed E-state index contributed by atoms with van der Waals surface area (Å²) in [6.07, 6.45) is 3.60. The van der Waals surface area contributed by atoms with E-state index < -0.39 is 0 Å². The Morgan fingerprint density at radius 3 is 2.46 bits per heavy atom. The molecule has 2 aromatic carbocycles. The molecule has 0 unspecified atom stereocenters. The highest BCUT2D eigenvalue weighted by Gasteiger charge is 2.08. The molecular formula is C23H21N5. The number of pyridine rings is 1. The summed E-state index contributed by atoms with van der Waals surface area (Å²) in [5.41, 5.74) is 5.16. The molecule has 0 atom stereocenters. The Kier molecular flexibility index (Phi) is 5.24. The first-order valence-electron chi connectivity index (χ1n) is 9.18. The third kappa shape index (κ3) is 4.32. The third-order valence-electron chi connectivity index (χ3n) is 4.38. The highest BCUT2D eigenvalue weighted by atomic mass is 15.1. The third-order valence-corrected chi connectivity index (χ3v) is 4.38. The molecule has 0 bridgehead atoms. The van der Waals surface area contributed by atoms with Gasteiger partial charge in [0.2, 0.25) is 5.95 Å². The van der Waals surface area contributed by atoms with Crippen molar-refractivity contribution in [1.82, 2.24) is 15.0 Å². The van der Waals surface area contributed by atoms with E-state index in [1.807, 2.05) is 72.9 Å². The average molecular weight is 367 g/mol. The lowest BCUT2D eigenvalue weighted by Gasteiger charge is -2.13. The van der Waals surface area contributed by atoms with Crippen LogP contribution in [-0.4, -0.2) is 15.0 Å². The number of aryl methyl sites for hydroxylation is 1. The Morgan fingerprint density at radius 1 is 0.857 bits per heavy atom. The van der Waals surface area contributed by atoms with Gasteiger partial charge in [0, 0.05) is 36.3 Å². The van der Waals surface area contributed by atoms with Crippen molar-refractivity contribution < 1.29 is 0 Å². The molecule has 0 spiro atoms. The molecule has 0 saturated heterocycles. The van der Waals surface area contributed by atoms with E-state index in [9.17, 15) is 0 Å². The van der Waals surface area contributed by atoms with Crippen LogP contribution >= 0.6 is 0 Å². The first kappa shape index (κ1) is 17.7. The van der Waals surface area contributed by atoms with Crippen molar-refractivity contribution in [1.29, 1.82) is 0 Å². The molecule has 5 heteroatoms. The summed E-state index contributed by atoms with van der Waals surface area (Å²) < 4.78 is 0. The van der Waals surface area contributed by atoms with Crippen LogP contribution in [0.1, 0.15) is 11.1 Å². The van der Waals surface area contributed by atoms with Gasteiger partial charge in [0.15, 0.2) is 0 Å². The molecule has 2 aromatic heterocycles. The lowest BCUT2D eigenvalue weighted by Crippen LogP contribution is -2.06. The number of hydrogen-bond donors (Lipinski definition) is 2. The fraction of sp³-hybridized carbons (Fsp3) is 0.0870.